The van der Waals surface area contributed by atoms with E-state index >= 15 is 0 Å². The van der Waals surface area contributed by atoms with Gasteiger partial charge in [-0.3, -0.25) is 9.59 Å². The molecule has 1 saturated heterocycles. The van der Waals surface area contributed by atoms with Crippen molar-refractivity contribution in [3.8, 4) is 0 Å². The maximum Gasteiger partial charge on any atom is 0.270 e. The molecule has 0 saturated carbocycles. The number of amides is 2. The first-order valence-electron chi connectivity index (χ1n) is 5.40. The van der Waals surface area contributed by atoms with E-state index in [1.165, 1.54) is 0 Å². The van der Waals surface area contributed by atoms with Gasteiger partial charge < -0.3 is 16.0 Å². The number of nitrogens with one attached hydrogen (secondary N) is 3. The highest BCUT2D eigenvalue weighted by Crippen LogP contribution is 2.06. The van der Waals surface area contributed by atoms with Crippen LogP contribution >= 0.6 is 0 Å². The van der Waals surface area contributed by atoms with Crippen LogP contribution in [0.3, 0.4) is 0 Å². The Morgan fingerprint density at radius 1 is 1.53 bits per heavy atom. The van der Waals surface area contributed by atoms with Gasteiger partial charge in [0.15, 0.2) is 0 Å². The third kappa shape index (κ3) is 2.72. The second-order valence-corrected chi connectivity index (χ2v) is 3.86. The summed E-state index contributed by atoms with van der Waals surface area (Å²) < 4.78 is 0. The minimum Gasteiger partial charge on any atom is -0.387 e. The van der Waals surface area contributed by atoms with Gasteiger partial charge in [0.05, 0.1) is 17.9 Å². The van der Waals surface area contributed by atoms with Crippen molar-refractivity contribution in [2.45, 2.75) is 12.5 Å². The van der Waals surface area contributed by atoms with Crippen LogP contribution in [0.25, 0.3) is 0 Å². The zero-order chi connectivity index (χ0) is 12.3. The smallest absolute Gasteiger partial charge is 0.270 e. The molecule has 1 fully saturated rings. The monoisotopic (exact) mass is 234 g/mol. The molecule has 1 aromatic heterocycles. The average molecular weight is 234 g/mol. The molecule has 1 atom stereocenters. The molecule has 1 aliphatic rings. The first kappa shape index (κ1) is 11.4. The summed E-state index contributed by atoms with van der Waals surface area (Å²) in [5, 5.41) is 8.34. The number of nitrogens with zero attached hydrogens (tertiary/aromatic N) is 1. The second kappa shape index (κ2) is 4.82. The van der Waals surface area contributed by atoms with Gasteiger partial charge in [-0.1, -0.05) is 0 Å². The first-order chi connectivity index (χ1) is 8.19. The van der Waals surface area contributed by atoms with Crippen molar-refractivity contribution in [2.24, 2.45) is 0 Å². The van der Waals surface area contributed by atoms with Crippen molar-refractivity contribution in [3.05, 3.63) is 24.0 Å². The average Bonchev–Trinajstić information content (AvgIpc) is 2.75. The Morgan fingerprint density at radius 2 is 2.35 bits per heavy atom. The Hall–Kier alpha value is -2.11. The van der Waals surface area contributed by atoms with Crippen LogP contribution in [0.5, 0.6) is 0 Å². The highest BCUT2D eigenvalue weighted by atomic mass is 16.2. The van der Waals surface area contributed by atoms with Crippen molar-refractivity contribution < 1.29 is 9.59 Å². The van der Waals surface area contributed by atoms with Gasteiger partial charge in [0.1, 0.15) is 5.69 Å². The number of anilines is 1. The number of pyridine rings is 1. The maximum atomic E-state index is 11.8. The zero-order valence-electron chi connectivity index (χ0n) is 9.49. The molecule has 0 bridgehead atoms. The summed E-state index contributed by atoms with van der Waals surface area (Å²) in [6.45, 7) is 0.485. The lowest BCUT2D eigenvalue weighted by Crippen LogP contribution is -2.36. The van der Waals surface area contributed by atoms with Crippen LogP contribution in [0, 0.1) is 0 Å². The molecule has 6 heteroatoms. The molecule has 0 aromatic carbocycles. The first-order valence-corrected chi connectivity index (χ1v) is 5.40. The summed E-state index contributed by atoms with van der Waals surface area (Å²) >= 11 is 0. The lowest BCUT2D eigenvalue weighted by Gasteiger charge is -2.09. The van der Waals surface area contributed by atoms with Crippen LogP contribution in [0.1, 0.15) is 16.9 Å². The molecule has 90 valence electrons. The van der Waals surface area contributed by atoms with E-state index in [-0.39, 0.29) is 17.9 Å². The molecule has 0 radical (unpaired) electrons. The second-order valence-electron chi connectivity index (χ2n) is 3.86. The molecular weight excluding hydrogens is 220 g/mol. The minimum absolute atomic E-state index is 0.0335. The predicted molar refractivity (Wildman–Crippen MR) is 62.7 cm³/mol. The van der Waals surface area contributed by atoms with Crippen molar-refractivity contribution in [3.63, 3.8) is 0 Å². The molecule has 1 aliphatic heterocycles. The van der Waals surface area contributed by atoms with Gasteiger partial charge in [-0.2, -0.15) is 0 Å². The fourth-order valence-corrected chi connectivity index (χ4v) is 1.64. The highest BCUT2D eigenvalue weighted by molar-refractivity contribution is 5.93. The maximum absolute atomic E-state index is 11.8. The molecule has 2 rings (SSSR count). The topological polar surface area (TPSA) is 83.1 Å². The third-order valence-electron chi connectivity index (χ3n) is 2.60. The molecule has 1 unspecified atom stereocenters. The molecular formula is C11H14N4O2. The van der Waals surface area contributed by atoms with E-state index in [4.69, 9.17) is 0 Å². The van der Waals surface area contributed by atoms with Crippen LogP contribution in [0.4, 0.5) is 5.69 Å². The molecule has 1 aromatic rings. The van der Waals surface area contributed by atoms with Gasteiger partial charge in [-0.25, -0.2) is 4.98 Å². The van der Waals surface area contributed by atoms with E-state index in [0.29, 0.717) is 18.7 Å². The summed E-state index contributed by atoms with van der Waals surface area (Å²) in [4.78, 5) is 26.8. The number of aromatic nitrogens is 1. The van der Waals surface area contributed by atoms with Crippen molar-refractivity contribution >= 4 is 17.5 Å². The zero-order valence-corrected chi connectivity index (χ0v) is 9.49. The molecule has 0 aliphatic carbocycles. The Morgan fingerprint density at radius 3 is 2.88 bits per heavy atom. The Kier molecular flexibility index (Phi) is 3.22. The minimum atomic E-state index is -0.255. The van der Waals surface area contributed by atoms with E-state index in [9.17, 15) is 9.59 Å². The number of hydrogen-bond donors (Lipinski definition) is 3. The van der Waals surface area contributed by atoms with Gasteiger partial charge >= 0.3 is 0 Å². The number of hydrogen-bond acceptors (Lipinski definition) is 4. The van der Waals surface area contributed by atoms with Crippen molar-refractivity contribution in [1.82, 2.24) is 15.6 Å². The summed E-state index contributed by atoms with van der Waals surface area (Å²) in [5.41, 5.74) is 1.20. The Labute approximate surface area is 98.8 Å². The highest BCUT2D eigenvalue weighted by Gasteiger charge is 2.23. The van der Waals surface area contributed by atoms with Gasteiger partial charge in [0, 0.05) is 20.0 Å². The largest absolute Gasteiger partial charge is 0.387 e. The number of carbonyl (C=O) groups excluding carboxylic acids is 2. The van der Waals surface area contributed by atoms with Crippen LogP contribution < -0.4 is 16.0 Å². The fourth-order valence-electron chi connectivity index (χ4n) is 1.64. The third-order valence-corrected chi connectivity index (χ3v) is 2.60. The van der Waals surface area contributed by atoms with Crippen LogP contribution in [-0.2, 0) is 4.79 Å². The van der Waals surface area contributed by atoms with E-state index < -0.39 is 0 Å². The quantitative estimate of drug-likeness (QED) is 0.673. The van der Waals surface area contributed by atoms with Crippen LogP contribution in [0.2, 0.25) is 0 Å². The summed E-state index contributed by atoms with van der Waals surface area (Å²) in [5.74, 6) is -0.289. The van der Waals surface area contributed by atoms with E-state index in [1.54, 1.807) is 25.4 Å². The number of carbonyl (C=O) groups is 2. The Bertz CT molecular complexity index is 430. The van der Waals surface area contributed by atoms with Gasteiger partial charge in [0.25, 0.3) is 5.91 Å². The summed E-state index contributed by atoms with van der Waals surface area (Å²) in [6.07, 6.45) is 1.92. The molecule has 2 heterocycles. The standard InChI is InChI=1S/C11H14N4O2/c1-12-7-2-3-9(13-5-7)11(17)15-8-4-10(16)14-6-8/h2-3,5,8,12H,4,6H2,1H3,(H,14,16)(H,15,17). The fraction of sp³-hybridized carbons (Fsp3) is 0.364. The van der Waals surface area contributed by atoms with Gasteiger partial charge in [0.2, 0.25) is 5.91 Å². The molecule has 2 amide bonds. The van der Waals surface area contributed by atoms with E-state index in [1.807, 2.05) is 0 Å². The summed E-state index contributed by atoms with van der Waals surface area (Å²) in [7, 11) is 1.78. The van der Waals surface area contributed by atoms with Gasteiger partial charge in [-0.15, -0.1) is 0 Å². The van der Waals surface area contributed by atoms with E-state index in [2.05, 4.69) is 20.9 Å². The summed E-state index contributed by atoms with van der Waals surface area (Å²) in [6, 6.07) is 3.28. The van der Waals surface area contributed by atoms with E-state index in [0.717, 1.165) is 5.69 Å². The van der Waals surface area contributed by atoms with Crippen molar-refractivity contribution in [1.29, 1.82) is 0 Å². The lowest BCUT2D eigenvalue weighted by atomic mass is 10.2. The van der Waals surface area contributed by atoms with Gasteiger partial charge in [-0.05, 0) is 12.1 Å². The Balaban J connectivity index is 1.97. The van der Waals surface area contributed by atoms with Crippen LogP contribution in [-0.4, -0.2) is 36.4 Å². The molecule has 3 N–H and O–H groups in total. The normalized spacial score (nSPS) is 18.6. The van der Waals surface area contributed by atoms with Crippen molar-refractivity contribution in [2.75, 3.05) is 18.9 Å². The molecule has 6 nitrogen and oxygen atoms in total. The lowest BCUT2D eigenvalue weighted by molar-refractivity contribution is -0.119. The molecule has 17 heavy (non-hydrogen) atoms. The molecule has 0 spiro atoms. The SMILES string of the molecule is CNc1ccc(C(=O)NC2CNC(=O)C2)nc1. The van der Waals surface area contributed by atoms with Crippen LogP contribution in [0.15, 0.2) is 18.3 Å². The predicted octanol–water partition coefficient (Wildman–Crippen LogP) is -0.258. The number of rotatable bonds is 3.